The molecule has 3 rings (SSSR count). The SMILES string of the molecule is NC(=O)COc1cccc(C(=O)Nc2cnn(Cc3ccccc3)c2)c1. The molecular formula is C19H18N4O3. The average Bonchev–Trinajstić information content (AvgIpc) is 3.08. The van der Waals surface area contributed by atoms with Crippen molar-refractivity contribution in [1.82, 2.24) is 9.78 Å². The molecule has 0 bridgehead atoms. The number of aromatic nitrogens is 2. The Morgan fingerprint density at radius 2 is 1.92 bits per heavy atom. The van der Waals surface area contributed by atoms with Crippen LogP contribution in [0, 0.1) is 0 Å². The number of benzene rings is 2. The lowest BCUT2D eigenvalue weighted by atomic mass is 10.2. The Kier molecular flexibility index (Phi) is 5.28. The van der Waals surface area contributed by atoms with Gasteiger partial charge in [-0.1, -0.05) is 36.4 Å². The van der Waals surface area contributed by atoms with Crippen molar-refractivity contribution in [1.29, 1.82) is 0 Å². The van der Waals surface area contributed by atoms with Crippen LogP contribution in [-0.2, 0) is 11.3 Å². The number of carbonyl (C=O) groups excluding carboxylic acids is 2. The number of hydrogen-bond acceptors (Lipinski definition) is 4. The summed E-state index contributed by atoms with van der Waals surface area (Å²) in [4.78, 5) is 23.2. The van der Waals surface area contributed by atoms with Gasteiger partial charge in [-0.15, -0.1) is 0 Å². The third-order valence-electron chi connectivity index (χ3n) is 3.56. The van der Waals surface area contributed by atoms with Crippen molar-refractivity contribution in [3.8, 4) is 5.75 Å². The van der Waals surface area contributed by atoms with Gasteiger partial charge in [-0.05, 0) is 23.8 Å². The molecule has 0 unspecified atom stereocenters. The fourth-order valence-corrected chi connectivity index (χ4v) is 2.37. The fourth-order valence-electron chi connectivity index (χ4n) is 2.37. The van der Waals surface area contributed by atoms with E-state index in [1.165, 1.54) is 0 Å². The smallest absolute Gasteiger partial charge is 0.255 e. The molecular weight excluding hydrogens is 332 g/mol. The zero-order chi connectivity index (χ0) is 18.4. The number of nitrogens with two attached hydrogens (primary N) is 1. The average molecular weight is 350 g/mol. The highest BCUT2D eigenvalue weighted by Gasteiger charge is 2.09. The second-order valence-corrected chi connectivity index (χ2v) is 5.65. The van der Waals surface area contributed by atoms with Crippen LogP contribution in [-0.4, -0.2) is 28.2 Å². The first-order valence-corrected chi connectivity index (χ1v) is 7.99. The lowest BCUT2D eigenvalue weighted by Gasteiger charge is -2.06. The second-order valence-electron chi connectivity index (χ2n) is 5.65. The Morgan fingerprint density at radius 1 is 1.12 bits per heavy atom. The highest BCUT2D eigenvalue weighted by atomic mass is 16.5. The Hall–Kier alpha value is -3.61. The molecule has 0 aliphatic rings. The number of nitrogens with zero attached hydrogens (tertiary/aromatic N) is 2. The number of anilines is 1. The summed E-state index contributed by atoms with van der Waals surface area (Å²) in [6.45, 7) is 0.379. The molecule has 7 nitrogen and oxygen atoms in total. The lowest BCUT2D eigenvalue weighted by molar-refractivity contribution is -0.119. The first-order valence-electron chi connectivity index (χ1n) is 7.99. The lowest BCUT2D eigenvalue weighted by Crippen LogP contribution is -2.20. The molecule has 7 heteroatoms. The molecule has 3 aromatic rings. The normalized spacial score (nSPS) is 10.3. The standard InChI is InChI=1S/C19H18N4O3/c20-18(24)13-26-17-8-4-7-15(9-17)19(25)22-16-10-21-23(12-16)11-14-5-2-1-3-6-14/h1-10,12H,11,13H2,(H2,20,24)(H,22,25). The van der Waals surface area contributed by atoms with Gasteiger partial charge in [-0.25, -0.2) is 0 Å². The van der Waals surface area contributed by atoms with E-state index in [0.717, 1.165) is 5.56 Å². The number of amides is 2. The molecule has 0 aliphatic heterocycles. The Labute approximate surface area is 150 Å². The quantitative estimate of drug-likeness (QED) is 0.681. The number of carbonyl (C=O) groups is 2. The van der Waals surface area contributed by atoms with Gasteiger partial charge in [0.05, 0.1) is 18.4 Å². The van der Waals surface area contributed by atoms with Crippen LogP contribution in [0.15, 0.2) is 67.0 Å². The zero-order valence-electron chi connectivity index (χ0n) is 14.0. The summed E-state index contributed by atoms with van der Waals surface area (Å²) < 4.78 is 6.96. The number of hydrogen-bond donors (Lipinski definition) is 2. The van der Waals surface area contributed by atoms with Gasteiger partial charge in [-0.3, -0.25) is 14.3 Å². The highest BCUT2D eigenvalue weighted by Crippen LogP contribution is 2.15. The number of primary amides is 1. The van der Waals surface area contributed by atoms with E-state index in [4.69, 9.17) is 10.5 Å². The summed E-state index contributed by atoms with van der Waals surface area (Å²) in [5, 5.41) is 7.04. The van der Waals surface area contributed by atoms with Crippen LogP contribution in [0.25, 0.3) is 0 Å². The van der Waals surface area contributed by atoms with Gasteiger partial charge in [0, 0.05) is 11.8 Å². The summed E-state index contributed by atoms with van der Waals surface area (Å²) in [6, 6.07) is 16.4. The van der Waals surface area contributed by atoms with Crippen LogP contribution in [0.3, 0.4) is 0 Å². The molecule has 3 N–H and O–H groups in total. The maximum Gasteiger partial charge on any atom is 0.255 e. The molecule has 0 aliphatic carbocycles. The van der Waals surface area contributed by atoms with Crippen LogP contribution in [0.1, 0.15) is 15.9 Å². The van der Waals surface area contributed by atoms with E-state index in [-0.39, 0.29) is 12.5 Å². The van der Waals surface area contributed by atoms with Gasteiger partial charge in [0.25, 0.3) is 11.8 Å². The van der Waals surface area contributed by atoms with E-state index >= 15 is 0 Å². The van der Waals surface area contributed by atoms with Crippen molar-refractivity contribution in [3.05, 3.63) is 78.1 Å². The van der Waals surface area contributed by atoms with E-state index in [0.29, 0.717) is 23.5 Å². The second kappa shape index (κ2) is 7.98. The Bertz CT molecular complexity index is 906. The third kappa shape index (κ3) is 4.70. The van der Waals surface area contributed by atoms with Crippen LogP contribution in [0.4, 0.5) is 5.69 Å². The fraction of sp³-hybridized carbons (Fsp3) is 0.105. The number of rotatable bonds is 7. The maximum absolute atomic E-state index is 12.4. The van der Waals surface area contributed by atoms with Gasteiger partial charge in [-0.2, -0.15) is 5.10 Å². The van der Waals surface area contributed by atoms with E-state index in [1.807, 2.05) is 30.3 Å². The van der Waals surface area contributed by atoms with Gasteiger partial charge in [0.15, 0.2) is 6.61 Å². The summed E-state index contributed by atoms with van der Waals surface area (Å²) in [7, 11) is 0. The highest BCUT2D eigenvalue weighted by molar-refractivity contribution is 6.04. The van der Waals surface area contributed by atoms with E-state index in [1.54, 1.807) is 41.3 Å². The van der Waals surface area contributed by atoms with Crippen molar-refractivity contribution in [2.45, 2.75) is 6.54 Å². The summed E-state index contributed by atoms with van der Waals surface area (Å²) >= 11 is 0. The first kappa shape index (κ1) is 17.2. The third-order valence-corrected chi connectivity index (χ3v) is 3.56. The maximum atomic E-state index is 12.4. The van der Waals surface area contributed by atoms with E-state index in [2.05, 4.69) is 10.4 Å². The molecule has 0 fully saturated rings. The molecule has 0 saturated heterocycles. The molecule has 0 saturated carbocycles. The summed E-state index contributed by atoms with van der Waals surface area (Å²) in [6.07, 6.45) is 3.35. The van der Waals surface area contributed by atoms with Gasteiger partial charge >= 0.3 is 0 Å². The van der Waals surface area contributed by atoms with Gasteiger partial charge in [0.1, 0.15) is 5.75 Å². The van der Waals surface area contributed by atoms with Gasteiger partial charge in [0.2, 0.25) is 0 Å². The van der Waals surface area contributed by atoms with Crippen molar-refractivity contribution in [3.63, 3.8) is 0 Å². The molecule has 2 amide bonds. The summed E-state index contributed by atoms with van der Waals surface area (Å²) in [5.41, 5.74) is 7.16. The number of ether oxygens (including phenoxy) is 1. The van der Waals surface area contributed by atoms with Crippen LogP contribution < -0.4 is 15.8 Å². The van der Waals surface area contributed by atoms with E-state index in [9.17, 15) is 9.59 Å². The summed E-state index contributed by atoms with van der Waals surface area (Å²) in [5.74, 6) is -0.476. The molecule has 2 aromatic carbocycles. The molecule has 132 valence electrons. The molecule has 1 heterocycles. The van der Waals surface area contributed by atoms with E-state index < -0.39 is 5.91 Å². The molecule has 0 atom stereocenters. The minimum Gasteiger partial charge on any atom is -0.484 e. The van der Waals surface area contributed by atoms with Crippen molar-refractivity contribution < 1.29 is 14.3 Å². The molecule has 1 aromatic heterocycles. The zero-order valence-corrected chi connectivity index (χ0v) is 14.0. The molecule has 0 spiro atoms. The Balaban J connectivity index is 1.63. The minimum absolute atomic E-state index is 0.239. The largest absolute Gasteiger partial charge is 0.484 e. The van der Waals surface area contributed by atoms with Crippen LogP contribution in [0.5, 0.6) is 5.75 Å². The monoisotopic (exact) mass is 350 g/mol. The van der Waals surface area contributed by atoms with Crippen molar-refractivity contribution in [2.75, 3.05) is 11.9 Å². The van der Waals surface area contributed by atoms with Crippen LogP contribution in [0.2, 0.25) is 0 Å². The molecule has 0 radical (unpaired) electrons. The van der Waals surface area contributed by atoms with Crippen LogP contribution >= 0.6 is 0 Å². The number of nitrogens with one attached hydrogen (secondary N) is 1. The topological polar surface area (TPSA) is 99.2 Å². The predicted octanol–water partition coefficient (Wildman–Crippen LogP) is 2.05. The van der Waals surface area contributed by atoms with Crippen molar-refractivity contribution in [2.24, 2.45) is 5.73 Å². The molecule has 26 heavy (non-hydrogen) atoms. The predicted molar refractivity (Wildman–Crippen MR) is 96.9 cm³/mol. The van der Waals surface area contributed by atoms with Crippen molar-refractivity contribution >= 4 is 17.5 Å². The first-order chi connectivity index (χ1) is 12.6. The Morgan fingerprint density at radius 3 is 2.69 bits per heavy atom. The minimum atomic E-state index is -0.578. The van der Waals surface area contributed by atoms with Gasteiger partial charge < -0.3 is 15.8 Å².